The van der Waals surface area contributed by atoms with E-state index in [2.05, 4.69) is 47.6 Å². The Morgan fingerprint density at radius 3 is 2.31 bits per heavy atom. The zero-order chi connectivity index (χ0) is 10.5. The lowest BCUT2D eigenvalue weighted by Crippen LogP contribution is -2.17. The molecule has 0 unspecified atom stereocenters. The van der Waals surface area contributed by atoms with Crippen molar-refractivity contribution in [1.29, 1.82) is 0 Å². The van der Waals surface area contributed by atoms with E-state index in [1.807, 2.05) is 0 Å². The summed E-state index contributed by atoms with van der Waals surface area (Å²) in [5.41, 5.74) is 0.0823. The van der Waals surface area contributed by atoms with Gasteiger partial charge in [0.15, 0.2) is 0 Å². The minimum Gasteiger partial charge on any atom is -0.205 e. The van der Waals surface area contributed by atoms with Crippen LogP contribution in [0.3, 0.4) is 0 Å². The molecule has 0 radical (unpaired) electrons. The molecule has 0 aliphatic rings. The van der Waals surface area contributed by atoms with Gasteiger partial charge in [0.25, 0.3) is 10.0 Å². The Bertz CT molecular complexity index is 259. The average molecular weight is 317 g/mol. The van der Waals surface area contributed by atoms with Gasteiger partial charge in [-0.25, -0.2) is 8.42 Å². The minimum absolute atomic E-state index is 0.0823. The van der Waals surface area contributed by atoms with Crippen LogP contribution in [0.25, 0.3) is 0 Å². The second-order valence-electron chi connectivity index (χ2n) is 3.77. The number of halogens is 1. The number of hydrogen-bond acceptors (Lipinski definition) is 2. The number of alkyl halides is 1. The highest BCUT2D eigenvalue weighted by Gasteiger charge is 2.20. The Balaban J connectivity index is 4.09. The highest BCUT2D eigenvalue weighted by Crippen LogP contribution is 2.26. The number of nitrogens with zero attached hydrogens (tertiary/aromatic N) is 1. The average Bonchev–Trinajstić information content (AvgIpc) is 2.02. The summed E-state index contributed by atoms with van der Waals surface area (Å²) in [6.45, 7) is 7.19. The van der Waals surface area contributed by atoms with Crippen LogP contribution in [-0.2, 0) is 10.0 Å². The van der Waals surface area contributed by atoms with Gasteiger partial charge in [-0.05, 0) is 18.3 Å². The molecule has 3 nitrogen and oxygen atoms in total. The van der Waals surface area contributed by atoms with E-state index in [-0.39, 0.29) is 11.2 Å². The lowest BCUT2D eigenvalue weighted by molar-refractivity contribution is 0.344. The molecule has 0 aliphatic heterocycles. The molecule has 0 aromatic rings. The van der Waals surface area contributed by atoms with Gasteiger partial charge in [-0.3, -0.25) is 0 Å². The van der Waals surface area contributed by atoms with Crippen molar-refractivity contribution in [2.45, 2.75) is 26.7 Å². The summed E-state index contributed by atoms with van der Waals surface area (Å²) in [5, 5.41) is 0. The van der Waals surface area contributed by atoms with E-state index in [1.165, 1.54) is 0 Å². The topological polar surface area (TPSA) is 46.5 Å². The van der Waals surface area contributed by atoms with E-state index in [0.29, 0.717) is 6.42 Å². The lowest BCUT2D eigenvalue weighted by atomic mass is 9.87. The second-order valence-corrected chi connectivity index (χ2v) is 6.68. The van der Waals surface area contributed by atoms with E-state index < -0.39 is 10.0 Å². The van der Waals surface area contributed by atoms with Gasteiger partial charge < -0.3 is 0 Å². The van der Waals surface area contributed by atoms with E-state index in [4.69, 9.17) is 0 Å². The molecule has 0 rings (SSSR count). The molecule has 78 valence electrons. The first-order chi connectivity index (χ1) is 5.83. The third kappa shape index (κ3) is 6.42. The summed E-state index contributed by atoms with van der Waals surface area (Å²) < 4.78 is 26.2. The maximum atomic E-state index is 11.0. The predicted molar refractivity (Wildman–Crippen MR) is 65.2 cm³/mol. The molecule has 0 saturated carbocycles. The zero-order valence-corrected chi connectivity index (χ0v) is 11.1. The molecule has 13 heavy (non-hydrogen) atoms. The Labute approximate surface area is 94.2 Å². The first-order valence-electron chi connectivity index (χ1n) is 4.10. The van der Waals surface area contributed by atoms with Gasteiger partial charge in [-0.15, -0.1) is 0 Å². The number of rotatable bonds is 6. The first kappa shape index (κ1) is 13.4. The quantitative estimate of drug-likeness (QED) is 0.428. The fraction of sp³-hybridized carbons (Fsp3) is 0.875. The van der Waals surface area contributed by atoms with Crippen molar-refractivity contribution in [1.82, 2.24) is 0 Å². The van der Waals surface area contributed by atoms with Crippen molar-refractivity contribution >= 4 is 39.3 Å². The molecule has 0 aromatic heterocycles. The zero-order valence-electron chi connectivity index (χ0n) is 8.09. The fourth-order valence-corrected chi connectivity index (χ4v) is 3.25. The fourth-order valence-electron chi connectivity index (χ4n) is 0.851. The van der Waals surface area contributed by atoms with E-state index in [9.17, 15) is 8.42 Å². The lowest BCUT2D eigenvalue weighted by Gasteiger charge is -2.22. The van der Waals surface area contributed by atoms with Crippen LogP contribution in [-0.4, -0.2) is 25.3 Å². The molecule has 0 saturated heterocycles. The Kier molecular flexibility index (Phi) is 5.43. The van der Waals surface area contributed by atoms with Crippen molar-refractivity contribution in [3.05, 3.63) is 0 Å². The maximum absolute atomic E-state index is 11.0. The van der Waals surface area contributed by atoms with Crippen molar-refractivity contribution in [3.8, 4) is 0 Å². The monoisotopic (exact) mass is 317 g/mol. The third-order valence-corrected chi connectivity index (χ3v) is 3.66. The molecule has 0 aliphatic carbocycles. The van der Waals surface area contributed by atoms with Crippen LogP contribution in [0.1, 0.15) is 26.7 Å². The Morgan fingerprint density at radius 2 is 1.92 bits per heavy atom. The van der Waals surface area contributed by atoms with Crippen LogP contribution >= 0.6 is 22.6 Å². The minimum atomic E-state index is -3.26. The normalized spacial score (nSPS) is 12.8. The molecule has 0 aromatic carbocycles. The van der Waals surface area contributed by atoms with Crippen molar-refractivity contribution in [2.75, 3.05) is 10.2 Å². The molecule has 0 spiro atoms. The highest BCUT2D eigenvalue weighted by atomic mass is 127. The van der Waals surface area contributed by atoms with Gasteiger partial charge >= 0.3 is 0 Å². The summed E-state index contributed by atoms with van der Waals surface area (Å²) in [5.74, 6) is 0.111. The van der Waals surface area contributed by atoms with Crippen LogP contribution in [0.5, 0.6) is 0 Å². The van der Waals surface area contributed by atoms with Gasteiger partial charge in [0.2, 0.25) is 0 Å². The second kappa shape index (κ2) is 5.29. The SMILES string of the molecule is C=NS(=O)(=O)CCC(C)(C)CCI. The van der Waals surface area contributed by atoms with Crippen LogP contribution in [0, 0.1) is 5.41 Å². The van der Waals surface area contributed by atoms with E-state index in [0.717, 1.165) is 10.8 Å². The van der Waals surface area contributed by atoms with Gasteiger partial charge in [0.1, 0.15) is 0 Å². The molecular weight excluding hydrogens is 301 g/mol. The Morgan fingerprint density at radius 1 is 1.38 bits per heavy atom. The Hall–Kier alpha value is 0.350. The summed E-state index contributed by atoms with van der Waals surface area (Å²) in [6, 6.07) is 0. The molecule has 0 N–H and O–H groups in total. The van der Waals surface area contributed by atoms with E-state index in [1.54, 1.807) is 0 Å². The van der Waals surface area contributed by atoms with Crippen LogP contribution in [0.2, 0.25) is 0 Å². The standard InChI is InChI=1S/C8H16INO2S/c1-8(2,4-6-9)5-7-13(11,12)10-3/h3-7H2,1-2H3. The first-order valence-corrected chi connectivity index (χ1v) is 7.23. The summed E-state index contributed by atoms with van der Waals surface area (Å²) in [7, 11) is -3.26. The molecule has 0 fully saturated rings. The van der Waals surface area contributed by atoms with Crippen LogP contribution in [0.15, 0.2) is 4.40 Å². The summed E-state index contributed by atoms with van der Waals surface area (Å²) in [4.78, 5) is 0. The van der Waals surface area contributed by atoms with Crippen molar-refractivity contribution in [2.24, 2.45) is 9.81 Å². The van der Waals surface area contributed by atoms with E-state index >= 15 is 0 Å². The number of sulfonamides is 1. The van der Waals surface area contributed by atoms with Gasteiger partial charge in [0, 0.05) is 11.1 Å². The molecular formula is C8H16INO2S. The van der Waals surface area contributed by atoms with Gasteiger partial charge in [0.05, 0.1) is 5.75 Å². The number of hydrogen-bond donors (Lipinski definition) is 0. The highest BCUT2D eigenvalue weighted by molar-refractivity contribution is 14.1. The largest absolute Gasteiger partial charge is 0.252 e. The molecule has 0 heterocycles. The molecule has 0 amide bonds. The van der Waals surface area contributed by atoms with Gasteiger partial charge in [-0.1, -0.05) is 36.4 Å². The summed E-state index contributed by atoms with van der Waals surface area (Å²) >= 11 is 2.30. The van der Waals surface area contributed by atoms with Crippen LogP contribution in [0.4, 0.5) is 0 Å². The summed E-state index contributed by atoms with van der Waals surface area (Å²) in [6.07, 6.45) is 1.68. The van der Waals surface area contributed by atoms with Crippen molar-refractivity contribution in [3.63, 3.8) is 0 Å². The molecule has 0 atom stereocenters. The van der Waals surface area contributed by atoms with Crippen LogP contribution < -0.4 is 0 Å². The smallest absolute Gasteiger partial charge is 0.205 e. The molecule has 0 bridgehead atoms. The predicted octanol–water partition coefficient (Wildman–Crippen LogP) is 2.26. The third-order valence-electron chi connectivity index (χ3n) is 2.00. The van der Waals surface area contributed by atoms with Gasteiger partial charge in [-0.2, -0.15) is 4.40 Å². The van der Waals surface area contributed by atoms with Crippen molar-refractivity contribution < 1.29 is 8.42 Å². The molecule has 5 heteroatoms. The maximum Gasteiger partial charge on any atom is 0.252 e.